The minimum atomic E-state index is -1.02. The van der Waals surface area contributed by atoms with Gasteiger partial charge in [-0.3, -0.25) is 9.78 Å². The highest BCUT2D eigenvalue weighted by molar-refractivity contribution is 6.30. The largest absolute Gasteiger partial charge is 0.478 e. The van der Waals surface area contributed by atoms with Crippen LogP contribution in [0.2, 0.25) is 5.02 Å². The fraction of sp³-hybridized carbons (Fsp3) is 0.433. The Bertz CT molecular complexity index is 1590. The van der Waals surface area contributed by atoms with Gasteiger partial charge >= 0.3 is 5.97 Å². The van der Waals surface area contributed by atoms with E-state index in [0.717, 1.165) is 11.3 Å². The van der Waals surface area contributed by atoms with Crippen LogP contribution in [0, 0.1) is 26.6 Å². The molecule has 5 rings (SSSR count). The molecule has 1 fully saturated rings. The summed E-state index contributed by atoms with van der Waals surface area (Å²) in [6.07, 6.45) is 1.48. The minimum absolute atomic E-state index is 0.0470. The minimum Gasteiger partial charge on any atom is -0.478 e. The molecular formula is C30H34ClFN6O3. The van der Waals surface area contributed by atoms with Gasteiger partial charge in [-0.25, -0.2) is 19.2 Å². The molecule has 1 aromatic carbocycles. The van der Waals surface area contributed by atoms with E-state index in [1.54, 1.807) is 17.9 Å². The Morgan fingerprint density at radius 3 is 2.37 bits per heavy atom. The molecule has 0 bridgehead atoms. The highest BCUT2D eigenvalue weighted by Gasteiger charge is 2.42. The number of hydrogen-bond acceptors (Lipinski definition) is 7. The van der Waals surface area contributed by atoms with Crippen LogP contribution in [0.5, 0.6) is 0 Å². The van der Waals surface area contributed by atoms with Crippen LogP contribution in [0.4, 0.5) is 21.6 Å². The van der Waals surface area contributed by atoms with Crippen LogP contribution < -0.4 is 9.80 Å². The lowest BCUT2D eigenvalue weighted by atomic mass is 9.92. The second-order valence-electron chi connectivity index (χ2n) is 12.1. The summed E-state index contributed by atoms with van der Waals surface area (Å²) in [5.74, 6) is -1.19. The molecule has 0 atom stereocenters. The molecule has 0 aliphatic carbocycles. The maximum absolute atomic E-state index is 14.2. The number of halogens is 2. The average molecular weight is 581 g/mol. The summed E-state index contributed by atoms with van der Waals surface area (Å²) in [4.78, 5) is 45.6. The molecule has 2 aromatic heterocycles. The number of aromatic carboxylic acids is 1. The van der Waals surface area contributed by atoms with Gasteiger partial charge < -0.3 is 19.8 Å². The third-order valence-electron chi connectivity index (χ3n) is 8.15. The number of aryl methyl sites for hydroxylation is 2. The van der Waals surface area contributed by atoms with Gasteiger partial charge in [0.15, 0.2) is 5.82 Å². The Hall–Kier alpha value is -3.79. The molecule has 41 heavy (non-hydrogen) atoms. The molecule has 11 heteroatoms. The number of anilines is 3. The van der Waals surface area contributed by atoms with Crippen molar-refractivity contribution in [2.75, 3.05) is 36.0 Å². The lowest BCUT2D eigenvalue weighted by Crippen LogP contribution is -2.61. The standard InChI is InChI=1S/C30H34ClFN6O3/c1-16-17(2)34-18(3)23(28(40)41)24(16)36-10-11-38(30(6,7)15-36)27(39)22-13-33-26-25(35-22)29(4,5)14-37(26)19-8-9-20(31)21(32)12-19/h8-9,12-13H,10-11,14-15H2,1-7H3,(H,40,41). The normalized spacial score (nSPS) is 17.5. The number of carbonyl (C=O) groups excluding carboxylic acids is 1. The van der Waals surface area contributed by atoms with Crippen molar-refractivity contribution in [3.8, 4) is 0 Å². The number of benzene rings is 1. The van der Waals surface area contributed by atoms with E-state index in [1.165, 1.54) is 18.3 Å². The average Bonchev–Trinajstić information content (AvgIpc) is 3.16. The molecule has 3 aromatic rings. The number of hydrogen-bond donors (Lipinski definition) is 1. The Morgan fingerprint density at radius 1 is 1.02 bits per heavy atom. The zero-order valence-corrected chi connectivity index (χ0v) is 25.1. The van der Waals surface area contributed by atoms with Crippen molar-refractivity contribution in [3.63, 3.8) is 0 Å². The molecule has 2 aliphatic heterocycles. The predicted molar refractivity (Wildman–Crippen MR) is 156 cm³/mol. The summed E-state index contributed by atoms with van der Waals surface area (Å²) in [5.41, 5.74) is 3.36. The summed E-state index contributed by atoms with van der Waals surface area (Å²) in [5, 5.41) is 10.0. The second kappa shape index (κ2) is 9.94. The van der Waals surface area contributed by atoms with Crippen LogP contribution in [-0.2, 0) is 5.41 Å². The van der Waals surface area contributed by atoms with Crippen LogP contribution in [0.25, 0.3) is 0 Å². The molecule has 2 aliphatic rings. The van der Waals surface area contributed by atoms with Crippen LogP contribution in [0.3, 0.4) is 0 Å². The summed E-state index contributed by atoms with van der Waals surface area (Å²) < 4.78 is 14.2. The SMILES string of the molecule is Cc1nc(C)c(C(=O)O)c(N2CCN(C(=O)c3cnc4c(n3)C(C)(C)CN4c3ccc(Cl)c(F)c3)C(C)(C)C2)c1C. The first-order valence-corrected chi connectivity index (χ1v) is 13.9. The second-order valence-corrected chi connectivity index (χ2v) is 12.5. The van der Waals surface area contributed by atoms with Gasteiger partial charge in [0, 0.05) is 43.0 Å². The van der Waals surface area contributed by atoms with Gasteiger partial charge in [-0.2, -0.15) is 0 Å². The first kappa shape index (κ1) is 28.7. The molecule has 1 N–H and O–H groups in total. The first-order valence-electron chi connectivity index (χ1n) is 13.5. The van der Waals surface area contributed by atoms with E-state index < -0.39 is 22.7 Å². The first-order chi connectivity index (χ1) is 19.1. The fourth-order valence-electron chi connectivity index (χ4n) is 5.98. The van der Waals surface area contributed by atoms with Gasteiger partial charge in [-0.1, -0.05) is 25.4 Å². The number of carbonyl (C=O) groups is 2. The third-order valence-corrected chi connectivity index (χ3v) is 8.45. The van der Waals surface area contributed by atoms with Gasteiger partial charge in [-0.05, 0) is 58.4 Å². The Kier molecular flexibility index (Phi) is 6.96. The van der Waals surface area contributed by atoms with Gasteiger partial charge in [0.1, 0.15) is 17.1 Å². The lowest BCUT2D eigenvalue weighted by Gasteiger charge is -2.48. The van der Waals surface area contributed by atoms with E-state index in [2.05, 4.69) is 9.97 Å². The zero-order chi connectivity index (χ0) is 30.0. The maximum atomic E-state index is 14.2. The smallest absolute Gasteiger partial charge is 0.339 e. The van der Waals surface area contributed by atoms with Crippen LogP contribution in [-0.4, -0.2) is 68.6 Å². The number of nitrogens with zero attached hydrogens (tertiary/aromatic N) is 6. The maximum Gasteiger partial charge on any atom is 0.339 e. The predicted octanol–water partition coefficient (Wildman–Crippen LogP) is 5.46. The molecule has 9 nitrogen and oxygen atoms in total. The molecule has 1 saturated heterocycles. The summed E-state index contributed by atoms with van der Waals surface area (Å²) in [6.45, 7) is 15.2. The van der Waals surface area contributed by atoms with Crippen molar-refractivity contribution in [3.05, 3.63) is 69.1 Å². The molecule has 0 unspecified atom stereocenters. The molecule has 1 amide bonds. The Balaban J connectivity index is 1.44. The number of pyridine rings is 1. The monoisotopic (exact) mass is 580 g/mol. The molecule has 216 valence electrons. The molecule has 4 heterocycles. The fourth-order valence-corrected chi connectivity index (χ4v) is 6.10. The van der Waals surface area contributed by atoms with E-state index >= 15 is 0 Å². The lowest BCUT2D eigenvalue weighted by molar-refractivity contribution is 0.0505. The molecule has 0 radical (unpaired) electrons. The highest BCUT2D eigenvalue weighted by Crippen LogP contribution is 2.42. The van der Waals surface area contributed by atoms with Crippen molar-refractivity contribution >= 4 is 40.7 Å². The van der Waals surface area contributed by atoms with Crippen molar-refractivity contribution in [2.24, 2.45) is 0 Å². The number of carboxylic acids is 1. The highest BCUT2D eigenvalue weighted by atomic mass is 35.5. The number of aromatic nitrogens is 3. The van der Waals surface area contributed by atoms with Gasteiger partial charge in [0.2, 0.25) is 0 Å². The Labute approximate surface area is 244 Å². The van der Waals surface area contributed by atoms with E-state index in [-0.39, 0.29) is 22.2 Å². The van der Waals surface area contributed by atoms with Gasteiger partial charge in [0.25, 0.3) is 5.91 Å². The number of fused-ring (bicyclic) bond motifs is 1. The van der Waals surface area contributed by atoms with E-state index in [0.29, 0.717) is 54.8 Å². The molecular weight excluding hydrogens is 547 g/mol. The van der Waals surface area contributed by atoms with Crippen molar-refractivity contribution in [1.82, 2.24) is 19.9 Å². The molecule has 0 saturated carbocycles. The Morgan fingerprint density at radius 2 is 1.73 bits per heavy atom. The number of amides is 1. The van der Waals surface area contributed by atoms with Crippen LogP contribution in [0.1, 0.15) is 71.2 Å². The summed E-state index contributed by atoms with van der Waals surface area (Å²) in [7, 11) is 0. The third kappa shape index (κ3) is 4.88. The zero-order valence-electron chi connectivity index (χ0n) is 24.3. The quantitative estimate of drug-likeness (QED) is 0.434. The molecule has 0 spiro atoms. The van der Waals surface area contributed by atoms with E-state index in [9.17, 15) is 19.1 Å². The van der Waals surface area contributed by atoms with E-state index in [1.807, 2.05) is 51.3 Å². The van der Waals surface area contributed by atoms with E-state index in [4.69, 9.17) is 16.6 Å². The van der Waals surface area contributed by atoms with Gasteiger partial charge in [0.05, 0.1) is 33.8 Å². The van der Waals surface area contributed by atoms with Crippen molar-refractivity contribution < 1.29 is 19.1 Å². The summed E-state index contributed by atoms with van der Waals surface area (Å²) in [6, 6.07) is 4.63. The number of carboxylic acid groups (broad SMARTS) is 1. The van der Waals surface area contributed by atoms with Gasteiger partial charge in [-0.15, -0.1) is 0 Å². The van der Waals surface area contributed by atoms with Crippen molar-refractivity contribution in [1.29, 1.82) is 0 Å². The topological polar surface area (TPSA) is 103 Å². The van der Waals surface area contributed by atoms with Crippen molar-refractivity contribution in [2.45, 2.75) is 59.4 Å². The number of piperazine rings is 1. The van der Waals surface area contributed by atoms with Crippen LogP contribution in [0.15, 0.2) is 24.4 Å². The van der Waals surface area contributed by atoms with Crippen LogP contribution >= 0.6 is 11.6 Å². The summed E-state index contributed by atoms with van der Waals surface area (Å²) >= 11 is 5.89. The number of rotatable bonds is 4.